The highest BCUT2D eigenvalue weighted by atomic mass is 16.3. The van der Waals surface area contributed by atoms with Crippen molar-refractivity contribution in [3.8, 4) is 0 Å². The van der Waals surface area contributed by atoms with Crippen LogP contribution in [0.4, 0.5) is 11.4 Å². The first kappa shape index (κ1) is 11.5. The SMILES string of the molecule is N=C([O-])N1c2ccccc2CC(=O)c2ccccc21.[HH].[HH]. The maximum absolute atomic E-state index is 12.2. The fraction of sp³-hybridized carbons (Fsp3) is 0.0667. The Kier molecular flexibility index (Phi) is 2.56. The molecule has 0 atom stereocenters. The highest BCUT2D eigenvalue weighted by molar-refractivity contribution is 6.10. The van der Waals surface area contributed by atoms with Crippen molar-refractivity contribution < 1.29 is 12.8 Å². The van der Waals surface area contributed by atoms with Gasteiger partial charge < -0.3 is 10.0 Å². The fourth-order valence-electron chi connectivity index (χ4n) is 2.40. The van der Waals surface area contributed by atoms with E-state index in [0.717, 1.165) is 5.56 Å². The van der Waals surface area contributed by atoms with E-state index < -0.39 is 6.02 Å². The number of para-hydroxylation sites is 2. The van der Waals surface area contributed by atoms with E-state index in [1.165, 1.54) is 4.90 Å². The molecule has 1 N–H and O–H groups in total. The van der Waals surface area contributed by atoms with E-state index in [2.05, 4.69) is 0 Å². The zero-order valence-electron chi connectivity index (χ0n) is 10.1. The second kappa shape index (κ2) is 4.24. The molecule has 0 bridgehead atoms. The highest BCUT2D eigenvalue weighted by Crippen LogP contribution is 2.35. The van der Waals surface area contributed by atoms with Crippen LogP contribution in [0.25, 0.3) is 0 Å². The van der Waals surface area contributed by atoms with Gasteiger partial charge in [0.25, 0.3) is 0 Å². The minimum Gasteiger partial charge on any atom is -0.846 e. The molecule has 0 aliphatic carbocycles. The highest BCUT2D eigenvalue weighted by Gasteiger charge is 2.24. The molecule has 3 rings (SSSR count). The van der Waals surface area contributed by atoms with Crippen LogP contribution in [0.15, 0.2) is 48.5 Å². The third-order valence-corrected chi connectivity index (χ3v) is 3.23. The molecule has 98 valence electrons. The minimum absolute atomic E-state index is 0. The fourth-order valence-corrected chi connectivity index (χ4v) is 2.40. The van der Waals surface area contributed by atoms with Gasteiger partial charge in [0.1, 0.15) is 0 Å². The molecule has 0 saturated carbocycles. The average molecular weight is 255 g/mol. The molecule has 0 spiro atoms. The number of benzene rings is 2. The predicted molar refractivity (Wildman–Crippen MR) is 75.0 cm³/mol. The Balaban J connectivity index is 0.00000110. The third-order valence-electron chi connectivity index (χ3n) is 3.23. The molecule has 0 saturated heterocycles. The van der Waals surface area contributed by atoms with E-state index in [1.807, 2.05) is 12.1 Å². The molecule has 0 unspecified atom stereocenters. The molecular formula is C15H15N2O2-. The van der Waals surface area contributed by atoms with Crippen molar-refractivity contribution in [2.24, 2.45) is 0 Å². The van der Waals surface area contributed by atoms with Gasteiger partial charge in [0.15, 0.2) is 5.78 Å². The minimum atomic E-state index is -0.838. The zero-order valence-corrected chi connectivity index (χ0v) is 10.1. The van der Waals surface area contributed by atoms with Gasteiger partial charge in [-0.05, 0) is 23.8 Å². The maximum atomic E-state index is 12.2. The molecule has 2 aromatic rings. The van der Waals surface area contributed by atoms with Gasteiger partial charge in [-0.3, -0.25) is 10.2 Å². The van der Waals surface area contributed by atoms with Crippen molar-refractivity contribution in [3.05, 3.63) is 59.7 Å². The average Bonchev–Trinajstić information content (AvgIpc) is 2.53. The lowest BCUT2D eigenvalue weighted by Gasteiger charge is -2.29. The first-order valence-corrected chi connectivity index (χ1v) is 5.94. The van der Waals surface area contributed by atoms with Crippen LogP contribution in [-0.2, 0) is 6.42 Å². The molecule has 1 aliphatic heterocycles. The number of hydrogen-bond donors (Lipinski definition) is 1. The second-order valence-electron chi connectivity index (χ2n) is 4.39. The maximum Gasteiger partial charge on any atom is 0.169 e. The van der Waals surface area contributed by atoms with Crippen molar-refractivity contribution >= 4 is 23.2 Å². The lowest BCUT2D eigenvalue weighted by atomic mass is 10.0. The Morgan fingerprint density at radius 3 is 2.47 bits per heavy atom. The Bertz CT molecular complexity index is 689. The summed E-state index contributed by atoms with van der Waals surface area (Å²) >= 11 is 0. The molecule has 4 heteroatoms. The van der Waals surface area contributed by atoms with E-state index in [1.54, 1.807) is 36.4 Å². The topological polar surface area (TPSA) is 67.2 Å². The van der Waals surface area contributed by atoms with E-state index >= 15 is 0 Å². The lowest BCUT2D eigenvalue weighted by Crippen LogP contribution is -2.36. The van der Waals surface area contributed by atoms with Crippen LogP contribution >= 0.6 is 0 Å². The van der Waals surface area contributed by atoms with Gasteiger partial charge in [-0.1, -0.05) is 30.3 Å². The summed E-state index contributed by atoms with van der Waals surface area (Å²) in [7, 11) is 0. The Morgan fingerprint density at radius 2 is 1.74 bits per heavy atom. The Hall–Kier alpha value is -2.62. The summed E-state index contributed by atoms with van der Waals surface area (Å²) in [6.45, 7) is 0. The number of anilines is 2. The van der Waals surface area contributed by atoms with Crippen LogP contribution < -0.4 is 10.0 Å². The number of hydrogen-bond acceptors (Lipinski definition) is 3. The van der Waals surface area contributed by atoms with Crippen molar-refractivity contribution in [1.82, 2.24) is 0 Å². The molecule has 1 aliphatic rings. The number of rotatable bonds is 0. The van der Waals surface area contributed by atoms with Crippen LogP contribution in [0.2, 0.25) is 0 Å². The summed E-state index contributed by atoms with van der Waals surface area (Å²) in [5.74, 6) is -0.0354. The first-order valence-electron chi connectivity index (χ1n) is 5.94. The smallest absolute Gasteiger partial charge is 0.169 e. The van der Waals surface area contributed by atoms with E-state index in [9.17, 15) is 9.90 Å². The van der Waals surface area contributed by atoms with Gasteiger partial charge in [-0.2, -0.15) is 0 Å². The van der Waals surface area contributed by atoms with Gasteiger partial charge in [-0.25, -0.2) is 0 Å². The van der Waals surface area contributed by atoms with Crippen LogP contribution in [-0.4, -0.2) is 11.8 Å². The summed E-state index contributed by atoms with van der Waals surface area (Å²) in [4.78, 5) is 13.5. The number of fused-ring (bicyclic) bond motifs is 2. The number of carbonyl (C=O) groups excluding carboxylic acids is 1. The zero-order chi connectivity index (χ0) is 13.4. The van der Waals surface area contributed by atoms with Gasteiger partial charge in [-0.15, -0.1) is 0 Å². The molecule has 1 heterocycles. The predicted octanol–water partition coefficient (Wildman–Crippen LogP) is 2.35. The van der Waals surface area contributed by atoms with Crippen molar-refractivity contribution in [2.75, 3.05) is 4.90 Å². The quantitative estimate of drug-likeness (QED) is 0.580. The Labute approximate surface area is 113 Å². The van der Waals surface area contributed by atoms with Gasteiger partial charge in [0.2, 0.25) is 0 Å². The number of nitrogens with zero attached hydrogens (tertiary/aromatic N) is 1. The molecule has 0 aromatic heterocycles. The van der Waals surface area contributed by atoms with Crippen LogP contribution in [0.5, 0.6) is 0 Å². The van der Waals surface area contributed by atoms with Crippen LogP contribution in [0.1, 0.15) is 18.8 Å². The standard InChI is InChI=1S/C15H12N2O2.2H2/c16-15(19)17-12-7-3-1-5-10(12)9-14(18)11-6-2-4-8-13(11)17;;/h1-8H,9H2,(H2,16,19);2*1H/p-1. The molecule has 0 radical (unpaired) electrons. The number of amidine groups is 1. The first-order chi connectivity index (χ1) is 9.18. The van der Waals surface area contributed by atoms with Crippen LogP contribution in [0, 0.1) is 5.41 Å². The monoisotopic (exact) mass is 255 g/mol. The van der Waals surface area contributed by atoms with Crippen molar-refractivity contribution in [3.63, 3.8) is 0 Å². The summed E-state index contributed by atoms with van der Waals surface area (Å²) in [6, 6.07) is 13.3. The normalized spacial score (nSPS) is 13.5. The molecule has 2 aromatic carbocycles. The summed E-state index contributed by atoms with van der Waals surface area (Å²) in [6.07, 6.45) is 0.247. The van der Waals surface area contributed by atoms with Gasteiger partial charge >= 0.3 is 0 Å². The van der Waals surface area contributed by atoms with E-state index in [4.69, 9.17) is 5.41 Å². The van der Waals surface area contributed by atoms with Crippen LogP contribution in [0.3, 0.4) is 0 Å². The lowest BCUT2D eigenvalue weighted by molar-refractivity contribution is -0.218. The van der Waals surface area contributed by atoms with E-state index in [-0.39, 0.29) is 15.1 Å². The number of ketones is 1. The number of Topliss-reactive ketones (excluding diaryl/α,β-unsaturated/α-hetero) is 1. The molecule has 4 nitrogen and oxygen atoms in total. The molecule has 0 fully saturated rings. The third kappa shape index (κ3) is 1.78. The summed E-state index contributed by atoms with van der Waals surface area (Å²) < 4.78 is 0. The number of carbonyl (C=O) groups is 1. The summed E-state index contributed by atoms with van der Waals surface area (Å²) in [5.41, 5.74) is 2.35. The second-order valence-corrected chi connectivity index (χ2v) is 4.39. The summed E-state index contributed by atoms with van der Waals surface area (Å²) in [5, 5.41) is 19.1. The molecular weight excluding hydrogens is 240 g/mol. The van der Waals surface area contributed by atoms with Crippen molar-refractivity contribution in [1.29, 1.82) is 5.41 Å². The van der Waals surface area contributed by atoms with Crippen molar-refractivity contribution in [2.45, 2.75) is 6.42 Å². The molecule has 19 heavy (non-hydrogen) atoms. The molecule has 0 amide bonds. The van der Waals surface area contributed by atoms with Gasteiger partial charge in [0.05, 0.1) is 17.4 Å². The number of nitrogens with one attached hydrogen (secondary N) is 1. The van der Waals surface area contributed by atoms with E-state index in [0.29, 0.717) is 16.9 Å². The largest absolute Gasteiger partial charge is 0.846 e. The van der Waals surface area contributed by atoms with Gasteiger partial charge in [0, 0.05) is 14.8 Å². The Morgan fingerprint density at radius 1 is 1.11 bits per heavy atom.